The van der Waals surface area contributed by atoms with Gasteiger partial charge in [0.1, 0.15) is 6.04 Å². The van der Waals surface area contributed by atoms with Crippen LogP contribution in [0.3, 0.4) is 0 Å². The van der Waals surface area contributed by atoms with E-state index in [0.29, 0.717) is 6.04 Å². The lowest BCUT2D eigenvalue weighted by Gasteiger charge is -2.43. The maximum atomic E-state index is 11.8. The van der Waals surface area contributed by atoms with E-state index in [9.17, 15) is 4.79 Å². The molecule has 1 fully saturated rings. The van der Waals surface area contributed by atoms with Crippen molar-refractivity contribution in [2.75, 3.05) is 13.1 Å². The minimum atomic E-state index is -0.369. The molecule has 1 aliphatic rings. The number of aromatic nitrogens is 2. The van der Waals surface area contributed by atoms with E-state index >= 15 is 0 Å². The molecular weight excluding hydrogens is 332 g/mol. The number of nitrogens with two attached hydrogens (primary N) is 1. The first kappa shape index (κ1) is 14.3. The summed E-state index contributed by atoms with van der Waals surface area (Å²) in [6.45, 7) is 3.59. The molecule has 110 valence electrons. The highest BCUT2D eigenvalue weighted by molar-refractivity contribution is 9.10. The average molecular weight is 349 g/mol. The quantitative estimate of drug-likeness (QED) is 0.919. The lowest BCUT2D eigenvalue weighted by molar-refractivity contribution is -0.126. The summed E-state index contributed by atoms with van der Waals surface area (Å²) < 4.78 is 2.95. The highest BCUT2D eigenvalue weighted by Gasteiger charge is 2.37. The SMILES string of the molecule is Cc1cnn(C2CN([C@@H](C(N)=O)c3ccc(Br)cc3)C2)c1. The Morgan fingerprint density at radius 2 is 2.05 bits per heavy atom. The summed E-state index contributed by atoms with van der Waals surface area (Å²) in [6.07, 6.45) is 3.88. The topological polar surface area (TPSA) is 64.2 Å². The van der Waals surface area contributed by atoms with Gasteiger partial charge in [-0.05, 0) is 30.2 Å². The van der Waals surface area contributed by atoms with Crippen molar-refractivity contribution < 1.29 is 4.79 Å². The van der Waals surface area contributed by atoms with Crippen molar-refractivity contribution in [2.24, 2.45) is 5.73 Å². The molecule has 2 N–H and O–H groups in total. The second kappa shape index (κ2) is 5.61. The number of carbonyl (C=O) groups excluding carboxylic acids is 1. The third-order valence-electron chi connectivity index (χ3n) is 3.82. The molecule has 1 aromatic carbocycles. The molecule has 1 aliphatic heterocycles. The number of benzene rings is 1. The van der Waals surface area contributed by atoms with Crippen molar-refractivity contribution in [3.8, 4) is 0 Å². The molecule has 1 aromatic heterocycles. The van der Waals surface area contributed by atoms with E-state index in [1.807, 2.05) is 48.3 Å². The molecule has 0 aliphatic carbocycles. The summed E-state index contributed by atoms with van der Waals surface area (Å²) in [5.74, 6) is -0.313. The van der Waals surface area contributed by atoms with E-state index in [2.05, 4.69) is 25.9 Å². The molecule has 0 bridgehead atoms. The van der Waals surface area contributed by atoms with Crippen molar-refractivity contribution in [1.29, 1.82) is 0 Å². The van der Waals surface area contributed by atoms with E-state index in [1.165, 1.54) is 0 Å². The number of hydrogen-bond donors (Lipinski definition) is 1. The predicted octanol–water partition coefficient (Wildman–Crippen LogP) is 2.04. The van der Waals surface area contributed by atoms with Gasteiger partial charge in [0.15, 0.2) is 0 Å². The van der Waals surface area contributed by atoms with Crippen LogP contribution in [-0.4, -0.2) is 33.7 Å². The summed E-state index contributed by atoms with van der Waals surface area (Å²) >= 11 is 3.40. The smallest absolute Gasteiger partial charge is 0.239 e. The second-order valence-corrected chi connectivity index (χ2v) is 6.38. The van der Waals surface area contributed by atoms with Gasteiger partial charge in [0.2, 0.25) is 5.91 Å². The van der Waals surface area contributed by atoms with Crippen LogP contribution in [0.1, 0.15) is 23.2 Å². The van der Waals surface area contributed by atoms with E-state index in [4.69, 9.17) is 5.73 Å². The molecule has 3 rings (SSSR count). The minimum absolute atomic E-state index is 0.313. The number of nitrogens with zero attached hydrogens (tertiary/aromatic N) is 3. The number of carbonyl (C=O) groups is 1. The largest absolute Gasteiger partial charge is 0.368 e. The Morgan fingerprint density at radius 1 is 1.38 bits per heavy atom. The highest BCUT2D eigenvalue weighted by Crippen LogP contribution is 2.31. The molecule has 0 unspecified atom stereocenters. The van der Waals surface area contributed by atoms with Crippen molar-refractivity contribution in [2.45, 2.75) is 19.0 Å². The lowest BCUT2D eigenvalue weighted by Crippen LogP contribution is -2.52. The molecule has 0 spiro atoms. The minimum Gasteiger partial charge on any atom is -0.368 e. The maximum Gasteiger partial charge on any atom is 0.239 e. The van der Waals surface area contributed by atoms with Crippen LogP contribution in [0.4, 0.5) is 0 Å². The van der Waals surface area contributed by atoms with Crippen LogP contribution in [0.2, 0.25) is 0 Å². The van der Waals surface area contributed by atoms with Crippen LogP contribution in [-0.2, 0) is 4.79 Å². The van der Waals surface area contributed by atoms with E-state index in [0.717, 1.165) is 28.7 Å². The zero-order chi connectivity index (χ0) is 15.0. The highest BCUT2D eigenvalue weighted by atomic mass is 79.9. The van der Waals surface area contributed by atoms with Gasteiger partial charge in [0, 0.05) is 23.8 Å². The summed E-state index contributed by atoms with van der Waals surface area (Å²) in [5.41, 5.74) is 7.67. The van der Waals surface area contributed by atoms with Crippen molar-refractivity contribution in [1.82, 2.24) is 14.7 Å². The summed E-state index contributed by atoms with van der Waals surface area (Å²) in [7, 11) is 0. The van der Waals surface area contributed by atoms with E-state index in [-0.39, 0.29) is 11.9 Å². The number of hydrogen-bond acceptors (Lipinski definition) is 3. The Labute approximate surface area is 131 Å². The summed E-state index contributed by atoms with van der Waals surface area (Å²) in [6, 6.07) is 7.68. The van der Waals surface area contributed by atoms with Crippen molar-refractivity contribution in [3.05, 3.63) is 52.3 Å². The van der Waals surface area contributed by atoms with Crippen molar-refractivity contribution in [3.63, 3.8) is 0 Å². The fraction of sp³-hybridized carbons (Fsp3) is 0.333. The number of rotatable bonds is 4. The summed E-state index contributed by atoms with van der Waals surface area (Å²) in [5, 5.41) is 4.33. The number of halogens is 1. The molecule has 2 aromatic rings. The predicted molar refractivity (Wildman–Crippen MR) is 83.7 cm³/mol. The van der Waals surface area contributed by atoms with Crippen LogP contribution in [0.5, 0.6) is 0 Å². The fourth-order valence-corrected chi connectivity index (χ4v) is 2.96. The van der Waals surface area contributed by atoms with Crippen LogP contribution in [0, 0.1) is 6.92 Å². The number of likely N-dealkylation sites (tertiary alicyclic amines) is 1. The Kier molecular flexibility index (Phi) is 3.82. The maximum absolute atomic E-state index is 11.8. The zero-order valence-corrected chi connectivity index (χ0v) is 13.3. The van der Waals surface area contributed by atoms with Gasteiger partial charge in [-0.1, -0.05) is 28.1 Å². The monoisotopic (exact) mass is 348 g/mol. The molecule has 2 heterocycles. The van der Waals surface area contributed by atoms with Gasteiger partial charge in [-0.2, -0.15) is 5.10 Å². The van der Waals surface area contributed by atoms with Crippen LogP contribution >= 0.6 is 15.9 Å². The van der Waals surface area contributed by atoms with Gasteiger partial charge in [-0.3, -0.25) is 14.4 Å². The van der Waals surface area contributed by atoms with E-state index in [1.54, 1.807) is 0 Å². The van der Waals surface area contributed by atoms with Crippen LogP contribution in [0.25, 0.3) is 0 Å². The van der Waals surface area contributed by atoms with E-state index < -0.39 is 0 Å². The summed E-state index contributed by atoms with van der Waals surface area (Å²) in [4.78, 5) is 13.9. The molecule has 1 atom stereocenters. The van der Waals surface area contributed by atoms with Gasteiger partial charge in [-0.15, -0.1) is 0 Å². The van der Waals surface area contributed by atoms with Gasteiger partial charge >= 0.3 is 0 Å². The molecule has 0 radical (unpaired) electrons. The third-order valence-corrected chi connectivity index (χ3v) is 4.34. The molecule has 0 saturated carbocycles. The first-order chi connectivity index (χ1) is 10.0. The van der Waals surface area contributed by atoms with Gasteiger partial charge in [0.05, 0.1) is 12.2 Å². The van der Waals surface area contributed by atoms with Gasteiger partial charge in [-0.25, -0.2) is 0 Å². The Balaban J connectivity index is 1.73. The first-order valence-electron chi connectivity index (χ1n) is 6.84. The normalized spacial score (nSPS) is 17.4. The molecule has 6 heteroatoms. The number of primary amides is 1. The number of amides is 1. The zero-order valence-electron chi connectivity index (χ0n) is 11.7. The Hall–Kier alpha value is -1.66. The second-order valence-electron chi connectivity index (χ2n) is 5.46. The number of aryl methyl sites for hydroxylation is 1. The average Bonchev–Trinajstić information content (AvgIpc) is 2.80. The van der Waals surface area contributed by atoms with Crippen molar-refractivity contribution >= 4 is 21.8 Å². The van der Waals surface area contributed by atoms with Gasteiger partial charge in [0.25, 0.3) is 0 Å². The van der Waals surface area contributed by atoms with Crippen LogP contribution < -0.4 is 5.73 Å². The molecule has 1 saturated heterocycles. The van der Waals surface area contributed by atoms with Crippen LogP contribution in [0.15, 0.2) is 41.1 Å². The third kappa shape index (κ3) is 2.87. The van der Waals surface area contributed by atoms with Gasteiger partial charge < -0.3 is 5.73 Å². The Morgan fingerprint density at radius 3 is 2.57 bits per heavy atom. The fourth-order valence-electron chi connectivity index (χ4n) is 2.70. The standard InChI is InChI=1S/C15H17BrN4O/c1-10-6-18-20(7-10)13-8-19(9-13)14(15(17)21)11-2-4-12(16)5-3-11/h2-7,13-14H,8-9H2,1H3,(H2,17,21)/t14-/m1/s1. The lowest BCUT2D eigenvalue weighted by atomic mass is 9.99. The Bertz CT molecular complexity index is 646. The molecule has 1 amide bonds. The molecular formula is C15H17BrN4O. The molecule has 5 nitrogen and oxygen atoms in total. The molecule has 21 heavy (non-hydrogen) atoms. The first-order valence-corrected chi connectivity index (χ1v) is 7.63.